The molecule has 1 aliphatic rings. The number of fused-ring (bicyclic) bond motifs is 1. The maximum absolute atomic E-state index is 12.4. The van der Waals surface area contributed by atoms with E-state index in [-0.39, 0.29) is 17.5 Å². The molecule has 3 heterocycles. The smallest absolute Gasteiger partial charge is 0.319 e. The molecule has 0 saturated carbocycles. The van der Waals surface area contributed by atoms with Crippen molar-refractivity contribution in [3.05, 3.63) is 48.4 Å². The number of nitrogens with one attached hydrogen (secondary N) is 2. The van der Waals surface area contributed by atoms with Crippen molar-refractivity contribution in [2.75, 3.05) is 31.2 Å². The Balaban J connectivity index is 1.25. The van der Waals surface area contributed by atoms with Gasteiger partial charge in [-0.3, -0.25) is 4.57 Å². The number of nitrogens with zero attached hydrogens (tertiary/aromatic N) is 4. The summed E-state index contributed by atoms with van der Waals surface area (Å²) in [5.41, 5.74) is 9.45. The summed E-state index contributed by atoms with van der Waals surface area (Å²) >= 11 is 0. The van der Waals surface area contributed by atoms with Crippen LogP contribution in [0.2, 0.25) is 0 Å². The Labute approximate surface area is 223 Å². The molecule has 11 nitrogen and oxygen atoms in total. The second kappa shape index (κ2) is 11.2. The first-order valence-corrected chi connectivity index (χ1v) is 12.9. The highest BCUT2D eigenvalue weighted by Gasteiger charge is 2.44. The number of aliphatic hydroxyl groups is 2. The van der Waals surface area contributed by atoms with Gasteiger partial charge in [-0.1, -0.05) is 32.9 Å². The van der Waals surface area contributed by atoms with Gasteiger partial charge in [-0.05, 0) is 56.1 Å². The molecule has 4 rings (SSSR count). The number of carbonyl (C=O) groups is 1. The first kappa shape index (κ1) is 27.8. The number of rotatable bonds is 8. The van der Waals surface area contributed by atoms with Gasteiger partial charge < -0.3 is 36.2 Å². The van der Waals surface area contributed by atoms with Crippen LogP contribution in [0.5, 0.6) is 0 Å². The van der Waals surface area contributed by atoms with Gasteiger partial charge in [-0.2, -0.15) is 0 Å². The third-order valence-electron chi connectivity index (χ3n) is 6.93. The minimum atomic E-state index is -1.14. The zero-order valence-electron chi connectivity index (χ0n) is 22.6. The van der Waals surface area contributed by atoms with Gasteiger partial charge in [0.1, 0.15) is 23.8 Å². The normalized spacial score (nSPS) is 22.6. The van der Waals surface area contributed by atoms with E-state index in [1.54, 1.807) is 16.8 Å². The number of aromatic nitrogens is 3. The van der Waals surface area contributed by atoms with Gasteiger partial charge in [-0.25, -0.2) is 14.8 Å². The number of ether oxygens (including phenoxy) is 1. The number of anilines is 2. The molecule has 0 bridgehead atoms. The van der Waals surface area contributed by atoms with Crippen molar-refractivity contribution in [2.24, 2.45) is 0 Å². The van der Waals surface area contributed by atoms with E-state index >= 15 is 0 Å². The van der Waals surface area contributed by atoms with E-state index in [0.717, 1.165) is 5.69 Å². The van der Waals surface area contributed by atoms with Crippen LogP contribution in [0.25, 0.3) is 11.2 Å². The van der Waals surface area contributed by atoms with Gasteiger partial charge in [-0.15, -0.1) is 0 Å². The number of urea groups is 1. The number of hydrogen-bond donors (Lipinski definition) is 5. The molecule has 1 saturated heterocycles. The van der Waals surface area contributed by atoms with Crippen LogP contribution in [0.15, 0.2) is 42.9 Å². The van der Waals surface area contributed by atoms with Crippen LogP contribution >= 0.6 is 0 Å². The highest BCUT2D eigenvalue weighted by atomic mass is 16.6. The van der Waals surface area contributed by atoms with Crippen LogP contribution in [0, 0.1) is 0 Å². The molecular weight excluding hydrogens is 486 g/mol. The molecule has 1 fully saturated rings. The van der Waals surface area contributed by atoms with Gasteiger partial charge in [0.15, 0.2) is 11.9 Å². The molecule has 11 heteroatoms. The summed E-state index contributed by atoms with van der Waals surface area (Å²) in [5.74, 6) is 0. The van der Waals surface area contributed by atoms with Crippen molar-refractivity contribution < 1.29 is 19.7 Å². The first-order valence-electron chi connectivity index (χ1n) is 12.9. The average molecular weight is 526 g/mol. The Hall–Kier alpha value is -3.25. The second-order valence-corrected chi connectivity index (χ2v) is 11.1. The molecule has 1 unspecified atom stereocenters. The Morgan fingerprint density at radius 3 is 2.58 bits per heavy atom. The number of pyridine rings is 1. The number of benzene rings is 1. The number of nitrogen functional groups attached to an aromatic ring is 1. The van der Waals surface area contributed by atoms with E-state index in [9.17, 15) is 15.0 Å². The van der Waals surface area contributed by atoms with E-state index in [4.69, 9.17) is 10.5 Å². The fraction of sp³-hybridized carbons (Fsp3) is 0.519. The molecule has 206 valence electrons. The SMILES string of the molecule is CC(CCN(C)C[C@H]1O[C@@H](n2cnc3c(N)ccnc32)[C@H](O)[C@@H]1O)NC(=O)Nc1ccc(C(C)(C)C)cc1. The van der Waals surface area contributed by atoms with Gasteiger partial charge in [0.2, 0.25) is 0 Å². The molecule has 6 N–H and O–H groups in total. The molecule has 0 aliphatic carbocycles. The molecule has 38 heavy (non-hydrogen) atoms. The van der Waals surface area contributed by atoms with Crippen LogP contribution in [0.4, 0.5) is 16.2 Å². The van der Waals surface area contributed by atoms with Crippen LogP contribution in [-0.4, -0.2) is 80.2 Å². The first-order chi connectivity index (χ1) is 17.9. The van der Waals surface area contributed by atoms with Crippen LogP contribution in [0.3, 0.4) is 0 Å². The van der Waals surface area contributed by atoms with Crippen LogP contribution in [-0.2, 0) is 10.2 Å². The molecular formula is C27H39N7O4. The summed E-state index contributed by atoms with van der Waals surface area (Å²) < 4.78 is 7.63. The lowest BCUT2D eigenvalue weighted by Gasteiger charge is -2.24. The van der Waals surface area contributed by atoms with E-state index in [1.807, 2.05) is 43.1 Å². The summed E-state index contributed by atoms with van der Waals surface area (Å²) in [6, 6.07) is 9.18. The van der Waals surface area contributed by atoms with E-state index < -0.39 is 24.5 Å². The van der Waals surface area contributed by atoms with Gasteiger partial charge >= 0.3 is 6.03 Å². The Morgan fingerprint density at radius 1 is 1.18 bits per heavy atom. The van der Waals surface area contributed by atoms with Crippen molar-refractivity contribution in [2.45, 2.75) is 70.1 Å². The maximum atomic E-state index is 12.4. The Morgan fingerprint density at radius 2 is 1.89 bits per heavy atom. The average Bonchev–Trinajstić information content (AvgIpc) is 3.40. The summed E-state index contributed by atoms with van der Waals surface area (Å²) in [7, 11) is 1.91. The Bertz CT molecular complexity index is 1240. The van der Waals surface area contributed by atoms with Crippen molar-refractivity contribution in [1.82, 2.24) is 24.8 Å². The van der Waals surface area contributed by atoms with Gasteiger partial charge in [0.25, 0.3) is 0 Å². The number of carbonyl (C=O) groups excluding carboxylic acids is 1. The molecule has 1 aromatic carbocycles. The minimum absolute atomic E-state index is 0.0551. The minimum Gasteiger partial charge on any atom is -0.397 e. The quantitative estimate of drug-likeness (QED) is 0.301. The molecule has 0 spiro atoms. The lowest BCUT2D eigenvalue weighted by molar-refractivity contribution is -0.0423. The van der Waals surface area contributed by atoms with Crippen molar-refractivity contribution >= 4 is 28.6 Å². The molecule has 5 atom stereocenters. The number of aliphatic hydroxyl groups excluding tert-OH is 2. The molecule has 2 aromatic heterocycles. The summed E-state index contributed by atoms with van der Waals surface area (Å²) in [4.78, 5) is 23.0. The van der Waals surface area contributed by atoms with E-state index in [1.165, 1.54) is 11.9 Å². The predicted molar refractivity (Wildman–Crippen MR) is 147 cm³/mol. The number of imidazole rings is 1. The lowest BCUT2D eigenvalue weighted by atomic mass is 9.87. The van der Waals surface area contributed by atoms with Gasteiger partial charge in [0, 0.05) is 24.5 Å². The fourth-order valence-electron chi connectivity index (χ4n) is 4.58. The van der Waals surface area contributed by atoms with Crippen molar-refractivity contribution in [3.8, 4) is 0 Å². The maximum Gasteiger partial charge on any atom is 0.319 e. The molecule has 1 aliphatic heterocycles. The molecule has 3 aromatic rings. The monoisotopic (exact) mass is 525 g/mol. The largest absolute Gasteiger partial charge is 0.397 e. The number of hydrogen-bond acceptors (Lipinski definition) is 8. The van der Waals surface area contributed by atoms with Crippen LogP contribution in [0.1, 0.15) is 45.9 Å². The molecule has 0 radical (unpaired) electrons. The Kier molecular flexibility index (Phi) is 8.22. The van der Waals surface area contributed by atoms with Crippen molar-refractivity contribution in [3.63, 3.8) is 0 Å². The van der Waals surface area contributed by atoms with Crippen molar-refractivity contribution in [1.29, 1.82) is 0 Å². The third-order valence-corrected chi connectivity index (χ3v) is 6.93. The highest BCUT2D eigenvalue weighted by Crippen LogP contribution is 2.32. The molecule has 2 amide bonds. The number of nitrogens with two attached hydrogens (primary N) is 1. The van der Waals surface area contributed by atoms with E-state index in [2.05, 4.69) is 41.4 Å². The number of likely N-dealkylation sites (N-methyl/N-ethyl adjacent to an activating group) is 1. The highest BCUT2D eigenvalue weighted by molar-refractivity contribution is 5.89. The summed E-state index contributed by atoms with van der Waals surface area (Å²) in [6.45, 7) is 9.44. The second-order valence-electron chi connectivity index (χ2n) is 11.1. The summed E-state index contributed by atoms with van der Waals surface area (Å²) in [6.07, 6.45) is 0.111. The van der Waals surface area contributed by atoms with Crippen LogP contribution < -0.4 is 16.4 Å². The summed E-state index contributed by atoms with van der Waals surface area (Å²) in [5, 5.41) is 27.2. The fourth-order valence-corrected chi connectivity index (χ4v) is 4.58. The van der Waals surface area contributed by atoms with Gasteiger partial charge in [0.05, 0.1) is 12.0 Å². The zero-order chi connectivity index (χ0) is 27.6. The predicted octanol–water partition coefficient (Wildman–Crippen LogP) is 2.46. The zero-order valence-corrected chi connectivity index (χ0v) is 22.6. The number of amides is 2. The topological polar surface area (TPSA) is 151 Å². The lowest BCUT2D eigenvalue weighted by Crippen LogP contribution is -2.41. The van der Waals surface area contributed by atoms with E-state index in [0.29, 0.717) is 36.4 Å². The standard InChI is InChI=1S/C27H39N7O4/c1-16(31-26(37)32-18-8-6-17(7-9-18)27(2,3)4)11-13-33(5)14-20-22(35)23(36)25(38-20)34-15-30-21-19(28)10-12-29-24(21)34/h6-10,12,15-16,20,22-23,25,35-36H,11,13-14H2,1-5H3,(H2,28,29)(H2,31,32,37)/t16?,20-,22-,23-,25-/m1/s1. The third kappa shape index (κ3) is 6.24.